The predicted molar refractivity (Wildman–Crippen MR) is 89.4 cm³/mol. The lowest BCUT2D eigenvalue weighted by atomic mass is 9.86. The summed E-state index contributed by atoms with van der Waals surface area (Å²) < 4.78 is 35.0. The van der Waals surface area contributed by atoms with Crippen LogP contribution in [0.1, 0.15) is 45.1 Å². The van der Waals surface area contributed by atoms with Gasteiger partial charge in [-0.3, -0.25) is 0 Å². The van der Waals surface area contributed by atoms with Gasteiger partial charge < -0.3 is 4.74 Å². The molecule has 1 aliphatic rings. The Kier molecular flexibility index (Phi) is 5.52. The first-order valence-electron chi connectivity index (χ1n) is 7.24. The van der Waals surface area contributed by atoms with Crippen LogP contribution in [0.25, 0.3) is 0 Å². The van der Waals surface area contributed by atoms with Gasteiger partial charge in [-0.05, 0) is 60.2 Å². The molecular weight excluding hydrogens is 374 g/mol. The summed E-state index contributed by atoms with van der Waals surface area (Å²) >= 11 is 4.64. The van der Waals surface area contributed by atoms with E-state index in [1.165, 1.54) is 11.3 Å². The van der Waals surface area contributed by atoms with E-state index >= 15 is 0 Å². The van der Waals surface area contributed by atoms with Gasteiger partial charge in [0.15, 0.2) is 0 Å². The van der Waals surface area contributed by atoms with Gasteiger partial charge in [0.25, 0.3) is 0 Å². The second-order valence-corrected chi connectivity index (χ2v) is 9.88. The van der Waals surface area contributed by atoms with E-state index < -0.39 is 10.0 Å². The zero-order valence-corrected chi connectivity index (χ0v) is 15.8. The van der Waals surface area contributed by atoms with Gasteiger partial charge in [0, 0.05) is 12.6 Å². The van der Waals surface area contributed by atoms with Crippen LogP contribution >= 0.6 is 27.3 Å². The zero-order valence-electron chi connectivity index (χ0n) is 12.6. The summed E-state index contributed by atoms with van der Waals surface area (Å²) in [5.74, 6) is 0. The maximum absolute atomic E-state index is 12.5. The van der Waals surface area contributed by atoms with Crippen LogP contribution in [0.5, 0.6) is 0 Å². The van der Waals surface area contributed by atoms with Gasteiger partial charge in [0.1, 0.15) is 4.21 Å². The van der Waals surface area contributed by atoms with Crippen molar-refractivity contribution in [3.05, 3.63) is 15.4 Å². The topological polar surface area (TPSA) is 55.4 Å². The summed E-state index contributed by atoms with van der Waals surface area (Å²) in [7, 11) is -3.45. The third-order valence-electron chi connectivity index (χ3n) is 4.20. The molecule has 1 aromatic rings. The average molecular weight is 396 g/mol. The highest BCUT2D eigenvalue weighted by atomic mass is 79.9. The molecule has 2 heterocycles. The molecule has 0 saturated carbocycles. The molecule has 1 saturated heterocycles. The van der Waals surface area contributed by atoms with Gasteiger partial charge in [0.2, 0.25) is 10.0 Å². The van der Waals surface area contributed by atoms with Gasteiger partial charge in [-0.1, -0.05) is 13.8 Å². The largest absolute Gasteiger partial charge is 0.375 e. The van der Waals surface area contributed by atoms with Crippen molar-refractivity contribution in [2.45, 2.75) is 62.3 Å². The molecule has 0 spiro atoms. The Labute approximate surface area is 139 Å². The Morgan fingerprint density at radius 3 is 2.67 bits per heavy atom. The summed E-state index contributed by atoms with van der Waals surface area (Å²) in [5, 5.41) is 0. The van der Waals surface area contributed by atoms with Crippen molar-refractivity contribution in [3.8, 4) is 0 Å². The van der Waals surface area contributed by atoms with Crippen LogP contribution in [-0.2, 0) is 14.8 Å². The van der Waals surface area contributed by atoms with Crippen molar-refractivity contribution in [2.75, 3.05) is 6.61 Å². The Balaban J connectivity index is 2.13. The van der Waals surface area contributed by atoms with E-state index in [1.807, 2.05) is 6.92 Å². The number of nitrogens with one attached hydrogen (secondary N) is 1. The lowest BCUT2D eigenvalue weighted by molar-refractivity contribution is -0.0905. The lowest BCUT2D eigenvalue weighted by Crippen LogP contribution is -2.47. The number of ether oxygens (including phenoxy) is 1. The minimum Gasteiger partial charge on any atom is -0.375 e. The zero-order chi connectivity index (χ0) is 15.7. The van der Waals surface area contributed by atoms with Crippen LogP contribution in [0.3, 0.4) is 0 Å². The Morgan fingerprint density at radius 2 is 2.14 bits per heavy atom. The van der Waals surface area contributed by atoms with Crippen LogP contribution in [0, 0.1) is 6.92 Å². The van der Waals surface area contributed by atoms with E-state index in [0.29, 0.717) is 10.8 Å². The van der Waals surface area contributed by atoms with Crippen LogP contribution in [0.2, 0.25) is 0 Å². The molecule has 7 heteroatoms. The van der Waals surface area contributed by atoms with Crippen LogP contribution in [0.15, 0.2) is 14.1 Å². The van der Waals surface area contributed by atoms with Crippen LogP contribution in [-0.4, -0.2) is 26.7 Å². The lowest BCUT2D eigenvalue weighted by Gasteiger charge is -2.40. The number of sulfonamides is 1. The second kappa shape index (κ2) is 6.66. The van der Waals surface area contributed by atoms with Crippen LogP contribution < -0.4 is 4.72 Å². The normalized spacial score (nSPS) is 22.4. The fraction of sp³-hybridized carbons (Fsp3) is 0.714. The number of hydrogen-bond donors (Lipinski definition) is 1. The quantitative estimate of drug-likeness (QED) is 0.823. The van der Waals surface area contributed by atoms with Gasteiger partial charge >= 0.3 is 0 Å². The second-order valence-electron chi connectivity index (χ2n) is 5.57. The smallest absolute Gasteiger partial charge is 0.250 e. The monoisotopic (exact) mass is 395 g/mol. The van der Waals surface area contributed by atoms with E-state index in [0.717, 1.165) is 35.0 Å². The average Bonchev–Trinajstić information content (AvgIpc) is 2.79. The van der Waals surface area contributed by atoms with E-state index in [1.54, 1.807) is 6.07 Å². The molecule has 0 aromatic carbocycles. The molecule has 1 aliphatic heterocycles. The Morgan fingerprint density at radius 1 is 1.48 bits per heavy atom. The molecule has 0 amide bonds. The molecular formula is C14H22BrNO3S2. The molecule has 1 atom stereocenters. The highest BCUT2D eigenvalue weighted by molar-refractivity contribution is 9.11. The van der Waals surface area contributed by atoms with E-state index in [9.17, 15) is 8.42 Å². The van der Waals surface area contributed by atoms with Gasteiger partial charge in [0.05, 0.1) is 9.39 Å². The standard InChI is InChI=1S/C14H22BrNO3S2/c1-4-14(5-2)9-11(6-7-19-14)16-21(17,18)12-8-10(3)13(15)20-12/h8,11,16H,4-7,9H2,1-3H3. The van der Waals surface area contributed by atoms with Crippen molar-refractivity contribution in [1.29, 1.82) is 0 Å². The van der Waals surface area contributed by atoms with Gasteiger partial charge in [-0.25, -0.2) is 13.1 Å². The van der Waals surface area contributed by atoms with Gasteiger partial charge in [-0.15, -0.1) is 11.3 Å². The number of thiophene rings is 1. The molecule has 1 fully saturated rings. The van der Waals surface area contributed by atoms with Crippen molar-refractivity contribution in [2.24, 2.45) is 0 Å². The SMILES string of the molecule is CCC1(CC)CC(NS(=O)(=O)c2cc(C)c(Br)s2)CCO1. The fourth-order valence-corrected chi connectivity index (χ4v) is 6.23. The minimum atomic E-state index is -3.45. The molecule has 0 radical (unpaired) electrons. The molecule has 4 nitrogen and oxygen atoms in total. The third kappa shape index (κ3) is 3.88. The maximum Gasteiger partial charge on any atom is 0.250 e. The first kappa shape index (κ1) is 17.4. The molecule has 0 bridgehead atoms. The predicted octanol–water partition coefficient (Wildman–Crippen LogP) is 3.84. The molecule has 2 rings (SSSR count). The molecule has 1 unspecified atom stereocenters. The number of halogens is 1. The fourth-order valence-electron chi connectivity index (χ4n) is 2.71. The number of rotatable bonds is 5. The van der Waals surface area contributed by atoms with Gasteiger partial charge in [-0.2, -0.15) is 0 Å². The summed E-state index contributed by atoms with van der Waals surface area (Å²) in [6, 6.07) is 1.66. The van der Waals surface area contributed by atoms with Crippen LogP contribution in [0.4, 0.5) is 0 Å². The minimum absolute atomic E-state index is 0.0511. The third-order valence-corrected chi connectivity index (χ3v) is 8.33. The highest BCUT2D eigenvalue weighted by Crippen LogP contribution is 2.34. The summed E-state index contributed by atoms with van der Waals surface area (Å²) in [6.07, 6.45) is 3.29. The summed E-state index contributed by atoms with van der Waals surface area (Å²) in [4.78, 5) is 0. The summed E-state index contributed by atoms with van der Waals surface area (Å²) in [5.41, 5.74) is 0.765. The van der Waals surface area contributed by atoms with Crippen molar-refractivity contribution >= 4 is 37.3 Å². The van der Waals surface area contributed by atoms with Crippen molar-refractivity contribution in [3.63, 3.8) is 0 Å². The summed E-state index contributed by atoms with van der Waals surface area (Å²) in [6.45, 7) is 6.70. The van der Waals surface area contributed by atoms with E-state index in [-0.39, 0.29) is 11.6 Å². The molecule has 1 N–H and O–H groups in total. The van der Waals surface area contributed by atoms with E-state index in [4.69, 9.17) is 4.74 Å². The first-order valence-corrected chi connectivity index (χ1v) is 10.3. The molecule has 21 heavy (non-hydrogen) atoms. The Hall–Kier alpha value is 0.0500. The maximum atomic E-state index is 12.5. The highest BCUT2D eigenvalue weighted by Gasteiger charge is 2.36. The molecule has 1 aromatic heterocycles. The number of hydrogen-bond acceptors (Lipinski definition) is 4. The van der Waals surface area contributed by atoms with Crippen molar-refractivity contribution < 1.29 is 13.2 Å². The Bertz CT molecular complexity index is 574. The number of aryl methyl sites for hydroxylation is 1. The molecule has 0 aliphatic carbocycles. The van der Waals surface area contributed by atoms with E-state index in [2.05, 4.69) is 34.5 Å². The first-order chi connectivity index (χ1) is 9.82. The molecule has 120 valence electrons. The van der Waals surface area contributed by atoms with Crippen molar-refractivity contribution in [1.82, 2.24) is 4.72 Å².